The number of aliphatic hydroxyl groups excluding tert-OH is 1. The van der Waals surface area contributed by atoms with E-state index in [0.717, 1.165) is 29.9 Å². The zero-order valence-corrected chi connectivity index (χ0v) is 9.77. The highest BCUT2D eigenvalue weighted by Crippen LogP contribution is 2.24. The third-order valence-corrected chi connectivity index (χ3v) is 2.86. The second-order valence-corrected chi connectivity index (χ2v) is 4.30. The van der Waals surface area contributed by atoms with Gasteiger partial charge in [-0.1, -0.05) is 6.07 Å². The molecule has 1 aromatic carbocycles. The molecule has 2 rings (SSSR count). The lowest BCUT2D eigenvalue weighted by Gasteiger charge is -2.15. The van der Waals surface area contributed by atoms with Crippen LogP contribution in [-0.2, 0) is 4.74 Å². The minimum atomic E-state index is -0.428. The summed E-state index contributed by atoms with van der Waals surface area (Å²) in [6, 6.07) is 5.80. The third kappa shape index (κ3) is 2.54. The fourth-order valence-electron chi connectivity index (χ4n) is 1.85. The molecule has 1 N–H and O–H groups in total. The van der Waals surface area contributed by atoms with Gasteiger partial charge >= 0.3 is 0 Å². The Balaban J connectivity index is 2.09. The smallest absolute Gasteiger partial charge is 0.124 e. The molecule has 0 aromatic heterocycles. The molecule has 2 atom stereocenters. The Morgan fingerprint density at radius 2 is 2.31 bits per heavy atom. The number of rotatable bonds is 3. The number of aliphatic hydroxyl groups is 1. The predicted octanol–water partition coefficient (Wildman–Crippen LogP) is 2.22. The van der Waals surface area contributed by atoms with Gasteiger partial charge in [0.05, 0.1) is 19.3 Å². The van der Waals surface area contributed by atoms with E-state index in [4.69, 9.17) is 9.47 Å². The summed E-state index contributed by atoms with van der Waals surface area (Å²) in [6.45, 7) is 5.23. The van der Waals surface area contributed by atoms with E-state index in [9.17, 15) is 5.11 Å². The molecule has 88 valence electrons. The van der Waals surface area contributed by atoms with Gasteiger partial charge in [0, 0.05) is 6.42 Å². The Kier molecular flexibility index (Phi) is 3.46. The van der Waals surface area contributed by atoms with Crippen LogP contribution in [0.15, 0.2) is 18.2 Å². The van der Waals surface area contributed by atoms with Crippen LogP contribution in [-0.4, -0.2) is 24.4 Å². The highest BCUT2D eigenvalue weighted by Gasteiger charge is 2.18. The number of hydrogen-bond acceptors (Lipinski definition) is 3. The fourth-order valence-corrected chi connectivity index (χ4v) is 1.85. The van der Waals surface area contributed by atoms with E-state index in [1.807, 2.05) is 25.1 Å². The summed E-state index contributed by atoms with van der Waals surface area (Å²) in [4.78, 5) is 0. The zero-order chi connectivity index (χ0) is 11.5. The largest absolute Gasteiger partial charge is 0.488 e. The number of aryl methyl sites for hydroxylation is 1. The molecule has 16 heavy (non-hydrogen) atoms. The van der Waals surface area contributed by atoms with Gasteiger partial charge in [-0.2, -0.15) is 0 Å². The van der Waals surface area contributed by atoms with Crippen LogP contribution in [0.2, 0.25) is 0 Å². The Bertz CT molecular complexity index is 354. The van der Waals surface area contributed by atoms with Crippen molar-refractivity contribution in [3.8, 4) is 5.75 Å². The van der Waals surface area contributed by atoms with Crippen LogP contribution in [0.4, 0.5) is 0 Å². The van der Waals surface area contributed by atoms with Crippen molar-refractivity contribution >= 4 is 0 Å². The van der Waals surface area contributed by atoms with Crippen molar-refractivity contribution in [1.82, 2.24) is 0 Å². The van der Waals surface area contributed by atoms with E-state index in [1.165, 1.54) is 0 Å². The van der Waals surface area contributed by atoms with Crippen molar-refractivity contribution in [2.45, 2.75) is 32.5 Å². The first-order valence-electron chi connectivity index (χ1n) is 5.70. The molecular weight excluding hydrogens is 204 g/mol. The molecule has 0 amide bonds. The molecule has 0 bridgehead atoms. The average molecular weight is 222 g/mol. The van der Waals surface area contributed by atoms with Gasteiger partial charge in [0.25, 0.3) is 0 Å². The average Bonchev–Trinajstić information content (AvgIpc) is 2.73. The summed E-state index contributed by atoms with van der Waals surface area (Å²) in [7, 11) is 0. The minimum absolute atomic E-state index is 0.177. The van der Waals surface area contributed by atoms with Crippen molar-refractivity contribution < 1.29 is 14.6 Å². The Morgan fingerprint density at radius 1 is 1.50 bits per heavy atom. The summed E-state index contributed by atoms with van der Waals surface area (Å²) in [5, 5.41) is 9.46. The standard InChI is InChI=1S/C13H18O3/c1-9-7-11(10(2)14)3-4-13(9)16-12-5-6-15-8-12/h3-4,7,10,12,14H,5-6,8H2,1-2H3. The highest BCUT2D eigenvalue weighted by molar-refractivity contribution is 5.37. The second kappa shape index (κ2) is 4.85. The molecule has 2 unspecified atom stereocenters. The molecule has 3 heteroatoms. The topological polar surface area (TPSA) is 38.7 Å². The van der Waals surface area contributed by atoms with Gasteiger partial charge in [-0.25, -0.2) is 0 Å². The molecule has 0 spiro atoms. The maximum absolute atomic E-state index is 9.46. The zero-order valence-electron chi connectivity index (χ0n) is 9.77. The van der Waals surface area contributed by atoms with E-state index in [2.05, 4.69) is 0 Å². The van der Waals surface area contributed by atoms with Gasteiger partial charge in [0.15, 0.2) is 0 Å². The molecule has 1 aromatic rings. The quantitative estimate of drug-likeness (QED) is 0.852. The lowest BCUT2D eigenvalue weighted by Crippen LogP contribution is -2.16. The maximum atomic E-state index is 9.46. The Hall–Kier alpha value is -1.06. The Labute approximate surface area is 96.0 Å². The molecule has 1 aliphatic heterocycles. The van der Waals surface area contributed by atoms with Gasteiger partial charge in [-0.15, -0.1) is 0 Å². The molecule has 0 saturated carbocycles. The van der Waals surface area contributed by atoms with Crippen LogP contribution >= 0.6 is 0 Å². The molecule has 0 aliphatic carbocycles. The summed E-state index contributed by atoms with van der Waals surface area (Å²) in [5.74, 6) is 0.889. The van der Waals surface area contributed by atoms with E-state index in [0.29, 0.717) is 6.61 Å². The fraction of sp³-hybridized carbons (Fsp3) is 0.538. The lowest BCUT2D eigenvalue weighted by atomic mass is 10.1. The first-order chi connectivity index (χ1) is 7.66. The third-order valence-electron chi connectivity index (χ3n) is 2.86. The van der Waals surface area contributed by atoms with Crippen molar-refractivity contribution in [2.24, 2.45) is 0 Å². The molecule has 1 aliphatic rings. The van der Waals surface area contributed by atoms with Crippen LogP contribution in [0.3, 0.4) is 0 Å². The predicted molar refractivity (Wildman–Crippen MR) is 61.7 cm³/mol. The molecule has 3 nitrogen and oxygen atoms in total. The second-order valence-electron chi connectivity index (χ2n) is 4.30. The normalized spacial score (nSPS) is 22.1. The number of benzene rings is 1. The van der Waals surface area contributed by atoms with Gasteiger partial charge < -0.3 is 14.6 Å². The SMILES string of the molecule is Cc1cc(C(C)O)ccc1OC1CCOC1. The van der Waals surface area contributed by atoms with Crippen LogP contribution in [0.1, 0.15) is 30.6 Å². The minimum Gasteiger partial charge on any atom is -0.488 e. The molecular formula is C13H18O3. The van der Waals surface area contributed by atoms with Crippen LogP contribution in [0.5, 0.6) is 5.75 Å². The maximum Gasteiger partial charge on any atom is 0.124 e. The monoisotopic (exact) mass is 222 g/mol. The van der Waals surface area contributed by atoms with E-state index in [-0.39, 0.29) is 6.10 Å². The molecule has 1 heterocycles. The van der Waals surface area contributed by atoms with Gasteiger partial charge in [0.2, 0.25) is 0 Å². The van der Waals surface area contributed by atoms with Crippen LogP contribution < -0.4 is 4.74 Å². The van der Waals surface area contributed by atoms with Crippen molar-refractivity contribution in [1.29, 1.82) is 0 Å². The number of hydrogen-bond donors (Lipinski definition) is 1. The highest BCUT2D eigenvalue weighted by atomic mass is 16.5. The molecule has 1 fully saturated rings. The first kappa shape index (κ1) is 11.4. The van der Waals surface area contributed by atoms with Crippen LogP contribution in [0, 0.1) is 6.92 Å². The lowest BCUT2D eigenvalue weighted by molar-refractivity contribution is 0.140. The van der Waals surface area contributed by atoms with Crippen LogP contribution in [0.25, 0.3) is 0 Å². The summed E-state index contributed by atoms with van der Waals surface area (Å²) in [5.41, 5.74) is 1.98. The van der Waals surface area contributed by atoms with Gasteiger partial charge in [0.1, 0.15) is 11.9 Å². The molecule has 0 radical (unpaired) electrons. The van der Waals surface area contributed by atoms with E-state index in [1.54, 1.807) is 6.92 Å². The summed E-state index contributed by atoms with van der Waals surface area (Å²) < 4.78 is 11.1. The summed E-state index contributed by atoms with van der Waals surface area (Å²) in [6.07, 6.45) is 0.705. The van der Waals surface area contributed by atoms with Crippen molar-refractivity contribution in [3.05, 3.63) is 29.3 Å². The Morgan fingerprint density at radius 3 is 2.88 bits per heavy atom. The van der Waals surface area contributed by atoms with Gasteiger partial charge in [-0.3, -0.25) is 0 Å². The number of ether oxygens (including phenoxy) is 2. The van der Waals surface area contributed by atoms with Crippen molar-refractivity contribution in [3.63, 3.8) is 0 Å². The van der Waals surface area contributed by atoms with Crippen molar-refractivity contribution in [2.75, 3.05) is 13.2 Å². The summed E-state index contributed by atoms with van der Waals surface area (Å²) >= 11 is 0. The van der Waals surface area contributed by atoms with E-state index >= 15 is 0 Å². The van der Waals surface area contributed by atoms with E-state index < -0.39 is 6.10 Å². The first-order valence-corrected chi connectivity index (χ1v) is 5.70. The van der Waals surface area contributed by atoms with Gasteiger partial charge in [-0.05, 0) is 37.1 Å². The molecule has 1 saturated heterocycles.